The van der Waals surface area contributed by atoms with Crippen molar-refractivity contribution < 1.29 is 9.47 Å². The number of rotatable bonds is 5. The van der Waals surface area contributed by atoms with Gasteiger partial charge in [0, 0.05) is 30.0 Å². The Balaban J connectivity index is 1.68. The topological polar surface area (TPSA) is 21.7 Å². The minimum absolute atomic E-state index is 0.268. The summed E-state index contributed by atoms with van der Waals surface area (Å²) in [6, 6.07) is 11.0. The lowest BCUT2D eigenvalue weighted by atomic mass is 10.2. The van der Waals surface area contributed by atoms with E-state index in [-0.39, 0.29) is 6.10 Å². The highest BCUT2D eigenvalue weighted by molar-refractivity contribution is 8.03. The summed E-state index contributed by atoms with van der Waals surface area (Å²) in [7, 11) is 1.68. The van der Waals surface area contributed by atoms with Gasteiger partial charge in [0.15, 0.2) is 0 Å². The lowest BCUT2D eigenvalue weighted by Crippen LogP contribution is -2.33. The molecule has 2 heterocycles. The molecule has 3 nitrogen and oxygen atoms in total. The van der Waals surface area contributed by atoms with Gasteiger partial charge in [0.2, 0.25) is 0 Å². The van der Waals surface area contributed by atoms with E-state index in [0.29, 0.717) is 12.8 Å². The van der Waals surface area contributed by atoms with Crippen LogP contribution in [-0.2, 0) is 9.47 Å². The highest BCUT2D eigenvalue weighted by Crippen LogP contribution is 2.40. The minimum Gasteiger partial charge on any atom is -0.359 e. The number of benzene rings is 1. The van der Waals surface area contributed by atoms with E-state index >= 15 is 0 Å². The predicted octanol–water partition coefficient (Wildman–Crippen LogP) is 2.74. The van der Waals surface area contributed by atoms with E-state index in [4.69, 9.17) is 9.47 Å². The van der Waals surface area contributed by atoms with Gasteiger partial charge in [0.25, 0.3) is 0 Å². The van der Waals surface area contributed by atoms with Crippen LogP contribution in [0, 0.1) is 0 Å². The molecule has 4 heteroatoms. The van der Waals surface area contributed by atoms with Crippen LogP contribution < -0.4 is 0 Å². The molecule has 1 aromatic carbocycles. The maximum absolute atomic E-state index is 5.82. The Morgan fingerprint density at radius 1 is 1.32 bits per heavy atom. The molecule has 2 aliphatic rings. The molecular weight excluding hydrogens is 258 g/mol. The fraction of sp³-hybridized carbons (Fsp3) is 0.467. The van der Waals surface area contributed by atoms with Gasteiger partial charge in [0.1, 0.15) is 6.79 Å². The molecule has 1 saturated heterocycles. The lowest BCUT2D eigenvalue weighted by Gasteiger charge is -2.23. The van der Waals surface area contributed by atoms with Crippen molar-refractivity contribution in [2.45, 2.75) is 23.5 Å². The van der Waals surface area contributed by atoms with Crippen molar-refractivity contribution in [3.8, 4) is 0 Å². The number of nitrogens with zero attached hydrogens (tertiary/aromatic N) is 1. The van der Waals surface area contributed by atoms with Gasteiger partial charge in [-0.05, 0) is 18.6 Å². The van der Waals surface area contributed by atoms with Crippen LogP contribution in [0.2, 0.25) is 0 Å². The second-order valence-electron chi connectivity index (χ2n) is 4.86. The van der Waals surface area contributed by atoms with Crippen molar-refractivity contribution >= 4 is 11.8 Å². The van der Waals surface area contributed by atoms with Crippen LogP contribution in [0.4, 0.5) is 0 Å². The van der Waals surface area contributed by atoms with Crippen LogP contribution in [0.5, 0.6) is 0 Å². The fourth-order valence-corrected chi connectivity index (χ4v) is 3.92. The third-order valence-electron chi connectivity index (χ3n) is 3.64. The highest BCUT2D eigenvalue weighted by Gasteiger charge is 2.40. The van der Waals surface area contributed by atoms with Gasteiger partial charge in [-0.2, -0.15) is 0 Å². The SMILES string of the molecule is COCO[C@@H]1CCN2CC=C(Sc3ccccc3)[C@@H]12. The van der Waals surface area contributed by atoms with Crippen LogP contribution in [0.3, 0.4) is 0 Å². The molecule has 0 unspecified atom stereocenters. The first-order valence-electron chi connectivity index (χ1n) is 6.66. The van der Waals surface area contributed by atoms with Crippen molar-refractivity contribution in [2.75, 3.05) is 27.0 Å². The maximum Gasteiger partial charge on any atom is 0.146 e. The molecule has 2 aliphatic heterocycles. The zero-order valence-corrected chi connectivity index (χ0v) is 11.9. The minimum atomic E-state index is 0.268. The summed E-state index contributed by atoms with van der Waals surface area (Å²) in [5.41, 5.74) is 0. The first kappa shape index (κ1) is 13.2. The maximum atomic E-state index is 5.82. The van der Waals surface area contributed by atoms with Crippen molar-refractivity contribution in [2.24, 2.45) is 0 Å². The molecule has 0 saturated carbocycles. The molecule has 0 spiro atoms. The Morgan fingerprint density at radius 3 is 2.95 bits per heavy atom. The third-order valence-corrected chi connectivity index (χ3v) is 4.80. The largest absolute Gasteiger partial charge is 0.359 e. The van der Waals surface area contributed by atoms with E-state index in [1.807, 2.05) is 11.8 Å². The van der Waals surface area contributed by atoms with Gasteiger partial charge in [-0.15, -0.1) is 0 Å². The summed E-state index contributed by atoms with van der Waals surface area (Å²) in [5, 5.41) is 0. The summed E-state index contributed by atoms with van der Waals surface area (Å²) in [5.74, 6) is 0. The van der Waals surface area contributed by atoms with Crippen molar-refractivity contribution in [1.82, 2.24) is 4.90 Å². The lowest BCUT2D eigenvalue weighted by molar-refractivity contribution is -0.0744. The predicted molar refractivity (Wildman–Crippen MR) is 77.1 cm³/mol. The fourth-order valence-electron chi connectivity index (χ4n) is 2.78. The van der Waals surface area contributed by atoms with Crippen LogP contribution in [0.25, 0.3) is 0 Å². The molecule has 0 radical (unpaired) electrons. The highest BCUT2D eigenvalue weighted by atomic mass is 32.2. The molecule has 0 aliphatic carbocycles. The number of methoxy groups -OCH3 is 1. The van der Waals surface area contributed by atoms with Crippen LogP contribution in [0.15, 0.2) is 46.2 Å². The molecule has 0 amide bonds. The van der Waals surface area contributed by atoms with E-state index in [9.17, 15) is 0 Å². The summed E-state index contributed by atoms with van der Waals surface area (Å²) in [4.78, 5) is 5.21. The molecule has 3 rings (SSSR count). The van der Waals surface area contributed by atoms with Crippen LogP contribution in [0.1, 0.15) is 6.42 Å². The van der Waals surface area contributed by atoms with E-state index in [1.54, 1.807) is 7.11 Å². The Morgan fingerprint density at radius 2 is 2.16 bits per heavy atom. The Hall–Kier alpha value is -0.810. The van der Waals surface area contributed by atoms with E-state index in [2.05, 4.69) is 41.3 Å². The second kappa shape index (κ2) is 6.09. The van der Waals surface area contributed by atoms with Gasteiger partial charge in [0.05, 0.1) is 12.1 Å². The number of hydrogen-bond donors (Lipinski definition) is 0. The second-order valence-corrected chi connectivity index (χ2v) is 6.01. The Kier molecular flexibility index (Phi) is 4.23. The quantitative estimate of drug-likeness (QED) is 0.771. The molecule has 102 valence electrons. The van der Waals surface area contributed by atoms with E-state index in [1.165, 1.54) is 9.80 Å². The molecular formula is C15H19NO2S. The zero-order valence-electron chi connectivity index (χ0n) is 11.1. The summed E-state index contributed by atoms with van der Waals surface area (Å²) in [6.07, 6.45) is 3.70. The Labute approximate surface area is 118 Å². The standard InChI is InChI=1S/C15H19NO2S/c1-17-11-18-13-7-9-16-10-8-14(15(13)16)19-12-5-3-2-4-6-12/h2-6,8,13,15H,7,9-11H2,1H3/t13-,15-/m1/s1. The van der Waals surface area contributed by atoms with Gasteiger partial charge < -0.3 is 9.47 Å². The molecule has 19 heavy (non-hydrogen) atoms. The van der Waals surface area contributed by atoms with Crippen molar-refractivity contribution in [3.05, 3.63) is 41.3 Å². The van der Waals surface area contributed by atoms with E-state index < -0.39 is 0 Å². The first-order chi connectivity index (χ1) is 9.38. The van der Waals surface area contributed by atoms with Gasteiger partial charge >= 0.3 is 0 Å². The average Bonchev–Trinajstić information content (AvgIpc) is 3.01. The van der Waals surface area contributed by atoms with Gasteiger partial charge in [-0.25, -0.2) is 0 Å². The summed E-state index contributed by atoms with van der Waals surface area (Å²) < 4.78 is 10.9. The number of thioether (sulfide) groups is 1. The molecule has 2 atom stereocenters. The molecule has 0 aromatic heterocycles. The molecule has 0 N–H and O–H groups in total. The van der Waals surface area contributed by atoms with Crippen LogP contribution in [-0.4, -0.2) is 44.0 Å². The van der Waals surface area contributed by atoms with Crippen molar-refractivity contribution in [3.63, 3.8) is 0 Å². The molecule has 1 fully saturated rings. The van der Waals surface area contributed by atoms with Crippen molar-refractivity contribution in [1.29, 1.82) is 0 Å². The summed E-state index contributed by atoms with van der Waals surface area (Å²) >= 11 is 1.86. The van der Waals surface area contributed by atoms with Crippen LogP contribution >= 0.6 is 11.8 Å². The average molecular weight is 277 g/mol. The Bertz CT molecular complexity index is 449. The number of hydrogen-bond acceptors (Lipinski definition) is 4. The molecule has 1 aromatic rings. The monoisotopic (exact) mass is 277 g/mol. The normalized spacial score (nSPS) is 26.5. The van der Waals surface area contributed by atoms with E-state index in [0.717, 1.165) is 19.5 Å². The molecule has 0 bridgehead atoms. The number of ether oxygens (including phenoxy) is 2. The number of fused-ring (bicyclic) bond motifs is 1. The van der Waals surface area contributed by atoms with Gasteiger partial charge in [-0.3, -0.25) is 4.90 Å². The third kappa shape index (κ3) is 2.87. The van der Waals surface area contributed by atoms with Gasteiger partial charge in [-0.1, -0.05) is 36.0 Å². The smallest absolute Gasteiger partial charge is 0.146 e. The zero-order chi connectivity index (χ0) is 13.1. The summed E-state index contributed by atoms with van der Waals surface area (Å²) in [6.45, 7) is 2.55. The first-order valence-corrected chi connectivity index (χ1v) is 7.47.